The molecule has 0 aliphatic carbocycles. The number of nitrogens with one attached hydrogen (secondary N) is 1. The number of hydrogen-bond donors (Lipinski definition) is 1. The first-order valence-electron chi connectivity index (χ1n) is 6.31. The lowest BCUT2D eigenvalue weighted by Crippen LogP contribution is -2.27. The maximum Gasteiger partial charge on any atom is 0.168 e. The Bertz CT molecular complexity index is 538. The number of rotatable bonds is 1. The van der Waals surface area contributed by atoms with Crippen molar-refractivity contribution in [2.24, 2.45) is 0 Å². The average Bonchev–Trinajstić information content (AvgIpc) is 2.74. The van der Waals surface area contributed by atoms with Crippen LogP contribution in [-0.4, -0.2) is 21.1 Å². The minimum Gasteiger partial charge on any atom is -0.307 e. The van der Waals surface area contributed by atoms with E-state index in [1.165, 1.54) is 18.4 Å². The fraction of sp³-hybridized carbons (Fsp3) is 0.538. The third-order valence-corrected chi connectivity index (χ3v) is 3.40. The maximum absolute atomic E-state index is 4.65. The van der Waals surface area contributed by atoms with E-state index in [2.05, 4.69) is 41.4 Å². The van der Waals surface area contributed by atoms with Crippen molar-refractivity contribution < 1.29 is 0 Å². The van der Waals surface area contributed by atoms with Crippen LogP contribution in [-0.2, 0) is 0 Å². The van der Waals surface area contributed by atoms with Crippen molar-refractivity contribution in [3.63, 3.8) is 0 Å². The van der Waals surface area contributed by atoms with Crippen LogP contribution in [0.2, 0.25) is 0 Å². The average molecular weight is 230 g/mol. The molecule has 1 atom stereocenters. The lowest BCUT2D eigenvalue weighted by atomic mass is 10.0. The van der Waals surface area contributed by atoms with Crippen LogP contribution in [0.1, 0.15) is 42.4 Å². The van der Waals surface area contributed by atoms with E-state index in [1.807, 2.05) is 4.52 Å². The molecular formula is C13H18N4. The molecule has 1 saturated heterocycles. The van der Waals surface area contributed by atoms with Gasteiger partial charge in [-0.2, -0.15) is 0 Å². The zero-order chi connectivity index (χ0) is 11.8. The smallest absolute Gasteiger partial charge is 0.168 e. The van der Waals surface area contributed by atoms with E-state index in [4.69, 9.17) is 0 Å². The van der Waals surface area contributed by atoms with E-state index in [1.54, 1.807) is 0 Å². The van der Waals surface area contributed by atoms with Crippen LogP contribution in [0.15, 0.2) is 12.1 Å². The van der Waals surface area contributed by atoms with E-state index in [-0.39, 0.29) is 0 Å². The van der Waals surface area contributed by atoms with Crippen molar-refractivity contribution in [2.45, 2.75) is 39.2 Å². The molecule has 0 amide bonds. The van der Waals surface area contributed by atoms with Gasteiger partial charge < -0.3 is 5.32 Å². The molecule has 17 heavy (non-hydrogen) atoms. The Hall–Kier alpha value is -1.42. The summed E-state index contributed by atoms with van der Waals surface area (Å²) in [7, 11) is 0. The van der Waals surface area contributed by atoms with Crippen LogP contribution >= 0.6 is 0 Å². The molecule has 4 nitrogen and oxygen atoms in total. The number of hydrogen-bond acceptors (Lipinski definition) is 3. The Morgan fingerprint density at radius 2 is 2.18 bits per heavy atom. The summed E-state index contributed by atoms with van der Waals surface area (Å²) in [5.41, 5.74) is 3.35. The highest BCUT2D eigenvalue weighted by molar-refractivity contribution is 5.42. The summed E-state index contributed by atoms with van der Waals surface area (Å²) in [5, 5.41) is 8.11. The molecule has 3 heterocycles. The summed E-state index contributed by atoms with van der Waals surface area (Å²) < 4.78 is 1.94. The van der Waals surface area contributed by atoms with Gasteiger partial charge in [-0.1, -0.05) is 6.42 Å². The number of fused-ring (bicyclic) bond motifs is 1. The molecule has 0 radical (unpaired) electrons. The van der Waals surface area contributed by atoms with Gasteiger partial charge in [-0.3, -0.25) is 0 Å². The standard InChI is InChI=1S/C13H18N4/c1-9-7-10(2)17-12(8-9)15-13(16-17)11-5-3-4-6-14-11/h7-8,11,14H,3-6H2,1-2H3/t11-/m0/s1. The number of nitrogens with zero attached hydrogens (tertiary/aromatic N) is 3. The van der Waals surface area contributed by atoms with Crippen LogP contribution in [0.4, 0.5) is 0 Å². The van der Waals surface area contributed by atoms with Crippen molar-refractivity contribution in [3.05, 3.63) is 29.2 Å². The Kier molecular flexibility index (Phi) is 2.59. The molecule has 90 valence electrons. The molecule has 4 heteroatoms. The second kappa shape index (κ2) is 4.11. The van der Waals surface area contributed by atoms with Crippen LogP contribution in [0.25, 0.3) is 5.65 Å². The largest absolute Gasteiger partial charge is 0.307 e. The van der Waals surface area contributed by atoms with Gasteiger partial charge in [0.25, 0.3) is 0 Å². The van der Waals surface area contributed by atoms with Gasteiger partial charge in [0, 0.05) is 5.69 Å². The zero-order valence-corrected chi connectivity index (χ0v) is 10.4. The minimum absolute atomic E-state index is 0.336. The molecule has 0 aromatic carbocycles. The summed E-state index contributed by atoms with van der Waals surface area (Å²) >= 11 is 0. The van der Waals surface area contributed by atoms with Crippen molar-refractivity contribution in [1.82, 2.24) is 19.9 Å². The van der Waals surface area contributed by atoms with Crippen LogP contribution < -0.4 is 5.32 Å². The summed E-state index contributed by atoms with van der Waals surface area (Å²) in [6, 6.07) is 4.56. The Balaban J connectivity index is 2.03. The van der Waals surface area contributed by atoms with Crippen LogP contribution in [0.3, 0.4) is 0 Å². The first kappa shape index (κ1) is 10.7. The molecule has 3 rings (SSSR count). The molecule has 2 aromatic rings. The molecule has 1 aliphatic rings. The van der Waals surface area contributed by atoms with Gasteiger partial charge in [0.1, 0.15) is 0 Å². The quantitative estimate of drug-likeness (QED) is 0.816. The second-order valence-electron chi connectivity index (χ2n) is 4.92. The highest BCUT2D eigenvalue weighted by atomic mass is 15.3. The maximum atomic E-state index is 4.65. The van der Waals surface area contributed by atoms with E-state index >= 15 is 0 Å². The zero-order valence-electron chi connectivity index (χ0n) is 10.4. The number of pyridine rings is 1. The first-order chi connectivity index (χ1) is 8.24. The lowest BCUT2D eigenvalue weighted by Gasteiger charge is -2.20. The van der Waals surface area contributed by atoms with E-state index in [0.29, 0.717) is 6.04 Å². The van der Waals surface area contributed by atoms with Crippen molar-refractivity contribution in [1.29, 1.82) is 0 Å². The predicted octanol–water partition coefficient (Wildman–Crippen LogP) is 2.16. The molecule has 1 N–H and O–H groups in total. The number of aromatic nitrogens is 3. The summed E-state index contributed by atoms with van der Waals surface area (Å²) in [4.78, 5) is 4.65. The monoisotopic (exact) mass is 230 g/mol. The topological polar surface area (TPSA) is 42.2 Å². The highest BCUT2D eigenvalue weighted by Crippen LogP contribution is 2.21. The highest BCUT2D eigenvalue weighted by Gasteiger charge is 2.19. The summed E-state index contributed by atoms with van der Waals surface area (Å²) in [5.74, 6) is 0.943. The van der Waals surface area contributed by atoms with E-state index in [9.17, 15) is 0 Å². The van der Waals surface area contributed by atoms with Gasteiger partial charge in [-0.05, 0) is 50.9 Å². The minimum atomic E-state index is 0.336. The summed E-state index contributed by atoms with van der Waals surface area (Å²) in [6.07, 6.45) is 3.68. The Morgan fingerprint density at radius 3 is 2.94 bits per heavy atom. The molecule has 0 saturated carbocycles. The molecule has 0 bridgehead atoms. The van der Waals surface area contributed by atoms with Crippen molar-refractivity contribution in [2.75, 3.05) is 6.54 Å². The fourth-order valence-corrected chi connectivity index (χ4v) is 2.55. The number of aryl methyl sites for hydroxylation is 2. The SMILES string of the molecule is Cc1cc(C)n2nc([C@@H]3CCCCN3)nc2c1. The fourth-order valence-electron chi connectivity index (χ4n) is 2.55. The van der Waals surface area contributed by atoms with Crippen molar-refractivity contribution in [3.8, 4) is 0 Å². The van der Waals surface area contributed by atoms with E-state index in [0.717, 1.165) is 30.1 Å². The molecule has 2 aromatic heterocycles. The van der Waals surface area contributed by atoms with Crippen LogP contribution in [0, 0.1) is 13.8 Å². The predicted molar refractivity (Wildman–Crippen MR) is 67.1 cm³/mol. The van der Waals surface area contributed by atoms with Gasteiger partial charge in [-0.25, -0.2) is 9.50 Å². The third-order valence-electron chi connectivity index (χ3n) is 3.40. The van der Waals surface area contributed by atoms with E-state index < -0.39 is 0 Å². The van der Waals surface area contributed by atoms with Gasteiger partial charge in [0.15, 0.2) is 11.5 Å². The first-order valence-corrected chi connectivity index (χ1v) is 6.31. The lowest BCUT2D eigenvalue weighted by molar-refractivity contribution is 0.397. The van der Waals surface area contributed by atoms with Gasteiger partial charge >= 0.3 is 0 Å². The molecule has 0 unspecified atom stereocenters. The number of piperidine rings is 1. The molecule has 1 fully saturated rings. The van der Waals surface area contributed by atoms with Gasteiger partial charge in [0.2, 0.25) is 0 Å². The second-order valence-corrected chi connectivity index (χ2v) is 4.92. The molecule has 1 aliphatic heterocycles. The van der Waals surface area contributed by atoms with Gasteiger partial charge in [0.05, 0.1) is 6.04 Å². The molecule has 0 spiro atoms. The Morgan fingerprint density at radius 1 is 1.29 bits per heavy atom. The van der Waals surface area contributed by atoms with Crippen molar-refractivity contribution >= 4 is 5.65 Å². The normalized spacial score (nSPS) is 20.9. The molecular weight excluding hydrogens is 212 g/mol. The van der Waals surface area contributed by atoms with Gasteiger partial charge in [-0.15, -0.1) is 5.10 Å². The summed E-state index contributed by atoms with van der Waals surface area (Å²) in [6.45, 7) is 5.26. The van der Waals surface area contributed by atoms with Crippen LogP contribution in [0.5, 0.6) is 0 Å². The Labute approximate surface area is 101 Å². The third kappa shape index (κ3) is 1.93.